The molecular formula is C49H93N2O6P. The third-order valence-corrected chi connectivity index (χ3v) is 12.6. The van der Waals surface area contributed by atoms with E-state index < -0.39 is 13.6 Å². The number of unbranched alkanes of at least 4 members (excludes halogenated alkanes) is 18. The van der Waals surface area contributed by atoms with Crippen LogP contribution in [-0.2, 0) is 23.1 Å². The minimum Gasteiger partial charge on any atom is -0.347 e. The minimum atomic E-state index is -4.06. The molecule has 0 aromatic heterocycles. The Morgan fingerprint density at radius 2 is 1.12 bits per heavy atom. The van der Waals surface area contributed by atoms with Crippen LogP contribution in [0.1, 0.15) is 201 Å². The summed E-state index contributed by atoms with van der Waals surface area (Å²) in [4.78, 5) is 12.0. The van der Waals surface area contributed by atoms with Gasteiger partial charge in [0.1, 0.15) is 0 Å². The van der Waals surface area contributed by atoms with E-state index in [-0.39, 0.29) is 31.9 Å². The van der Waals surface area contributed by atoms with Gasteiger partial charge in [0.15, 0.2) is 5.79 Å². The lowest BCUT2D eigenvalue weighted by Gasteiger charge is -2.31. The number of ether oxygens (including phenoxy) is 2. The fraction of sp³-hybridized carbons (Fsp3) is 0.837. The fourth-order valence-corrected chi connectivity index (χ4v) is 8.33. The average molecular weight is 837 g/mol. The molecule has 4 atom stereocenters. The molecule has 1 aliphatic heterocycles. The van der Waals surface area contributed by atoms with Crippen molar-refractivity contribution in [2.75, 3.05) is 40.0 Å². The zero-order valence-electron chi connectivity index (χ0n) is 38.4. The molecule has 1 saturated heterocycles. The molecule has 0 radical (unpaired) electrons. The van der Waals surface area contributed by atoms with Crippen LogP contribution in [-0.4, -0.2) is 67.7 Å². The van der Waals surface area contributed by atoms with Crippen molar-refractivity contribution in [1.82, 2.24) is 4.90 Å². The number of likely N-dealkylation sites (N-methyl/N-ethyl adjacent to an activating group) is 1. The van der Waals surface area contributed by atoms with Crippen molar-refractivity contribution < 1.29 is 28.0 Å². The fourth-order valence-electron chi connectivity index (χ4n) is 7.61. The molecule has 58 heavy (non-hydrogen) atoms. The molecule has 1 rings (SSSR count). The first-order valence-electron chi connectivity index (χ1n) is 24.1. The molecule has 0 aromatic rings. The van der Waals surface area contributed by atoms with E-state index in [0.717, 1.165) is 44.9 Å². The van der Waals surface area contributed by atoms with Crippen LogP contribution < -0.4 is 5.73 Å². The normalized spacial score (nSPS) is 18.2. The number of rotatable bonds is 41. The predicted octanol–water partition coefficient (Wildman–Crippen LogP) is 13.9. The Labute approximate surface area is 358 Å². The van der Waals surface area contributed by atoms with Crippen LogP contribution in [0, 0.1) is 5.92 Å². The molecule has 0 aromatic carbocycles. The first kappa shape index (κ1) is 54.9. The van der Waals surface area contributed by atoms with Crippen molar-refractivity contribution in [3.63, 3.8) is 0 Å². The summed E-state index contributed by atoms with van der Waals surface area (Å²) in [5.74, 6) is -0.137. The lowest BCUT2D eigenvalue weighted by Crippen LogP contribution is -2.37. The van der Waals surface area contributed by atoms with E-state index in [1.165, 1.54) is 128 Å². The lowest BCUT2D eigenvalue weighted by molar-refractivity contribution is -0.184. The van der Waals surface area contributed by atoms with E-state index in [1.807, 2.05) is 7.05 Å². The summed E-state index contributed by atoms with van der Waals surface area (Å²) in [5, 5.41) is 0. The Morgan fingerprint density at radius 1 is 0.690 bits per heavy atom. The molecule has 0 saturated carbocycles. The van der Waals surface area contributed by atoms with Crippen LogP contribution in [0.2, 0.25) is 0 Å². The van der Waals surface area contributed by atoms with Gasteiger partial charge in [-0.2, -0.15) is 0 Å². The van der Waals surface area contributed by atoms with Gasteiger partial charge in [-0.1, -0.05) is 146 Å². The van der Waals surface area contributed by atoms with Gasteiger partial charge in [-0.05, 0) is 103 Å². The highest BCUT2D eigenvalue weighted by Gasteiger charge is 2.42. The third kappa shape index (κ3) is 30.9. The molecule has 1 aliphatic rings. The molecule has 1 heterocycles. The number of nitrogens with two attached hydrogens (primary N) is 1. The van der Waals surface area contributed by atoms with Crippen LogP contribution >= 0.6 is 7.82 Å². The van der Waals surface area contributed by atoms with E-state index >= 15 is 0 Å². The van der Waals surface area contributed by atoms with Crippen molar-refractivity contribution in [3.05, 3.63) is 48.6 Å². The largest absolute Gasteiger partial charge is 0.472 e. The van der Waals surface area contributed by atoms with Gasteiger partial charge < -0.3 is 25.0 Å². The van der Waals surface area contributed by atoms with Gasteiger partial charge in [-0.3, -0.25) is 9.05 Å². The highest BCUT2D eigenvalue weighted by atomic mass is 31.2. The first-order valence-corrected chi connectivity index (χ1v) is 25.6. The SMILES string of the molecule is CCCCC/C=C\C/C=C\CCCCCCCCC1(CCCCCCCC/C=C\C/C=C\CCCCC)OC[C@@H](C(C)CC(C)N(C)CCOP(=O)(O)OCCN)O1. The number of allylic oxidation sites excluding steroid dienone is 8. The van der Waals surface area contributed by atoms with Crippen molar-refractivity contribution in [1.29, 1.82) is 0 Å². The van der Waals surface area contributed by atoms with E-state index in [4.69, 9.17) is 24.3 Å². The molecule has 340 valence electrons. The predicted molar refractivity (Wildman–Crippen MR) is 248 cm³/mol. The second-order valence-corrected chi connectivity index (χ2v) is 18.5. The Kier molecular flexibility index (Phi) is 35.7. The summed E-state index contributed by atoms with van der Waals surface area (Å²) in [5.41, 5.74) is 5.38. The van der Waals surface area contributed by atoms with Gasteiger partial charge in [0.05, 0.1) is 25.9 Å². The number of phosphoric ester groups is 1. The number of hydrogen-bond acceptors (Lipinski definition) is 7. The van der Waals surface area contributed by atoms with Crippen LogP contribution in [0.4, 0.5) is 0 Å². The van der Waals surface area contributed by atoms with Gasteiger partial charge in [0.2, 0.25) is 0 Å². The molecule has 8 nitrogen and oxygen atoms in total. The quantitative estimate of drug-likeness (QED) is 0.0356. The summed E-state index contributed by atoms with van der Waals surface area (Å²) in [6.07, 6.45) is 51.7. The Hall–Kier alpha value is -1.09. The molecule has 0 amide bonds. The zero-order valence-corrected chi connectivity index (χ0v) is 39.3. The zero-order chi connectivity index (χ0) is 42.4. The molecule has 0 bridgehead atoms. The minimum absolute atomic E-state index is 0.00561. The van der Waals surface area contributed by atoms with Gasteiger partial charge in [0, 0.05) is 32.0 Å². The second-order valence-electron chi connectivity index (χ2n) is 17.0. The Morgan fingerprint density at radius 3 is 1.59 bits per heavy atom. The summed E-state index contributed by atoms with van der Waals surface area (Å²) in [7, 11) is -2.04. The number of hydrogen-bond donors (Lipinski definition) is 2. The van der Waals surface area contributed by atoms with Crippen molar-refractivity contribution in [2.45, 2.75) is 219 Å². The highest BCUT2D eigenvalue weighted by Crippen LogP contribution is 2.42. The van der Waals surface area contributed by atoms with Crippen molar-refractivity contribution >= 4 is 7.82 Å². The van der Waals surface area contributed by atoms with Gasteiger partial charge in [-0.25, -0.2) is 4.57 Å². The maximum Gasteiger partial charge on any atom is 0.472 e. The summed E-state index contributed by atoms with van der Waals surface area (Å²) >= 11 is 0. The second kappa shape index (κ2) is 37.7. The van der Waals surface area contributed by atoms with Gasteiger partial charge in [0.25, 0.3) is 0 Å². The maximum absolute atomic E-state index is 12.0. The highest BCUT2D eigenvalue weighted by molar-refractivity contribution is 7.47. The topological polar surface area (TPSA) is 103 Å². The van der Waals surface area contributed by atoms with Gasteiger partial charge >= 0.3 is 7.82 Å². The maximum atomic E-state index is 12.0. The molecule has 1 fully saturated rings. The van der Waals surface area contributed by atoms with Crippen LogP contribution in [0.3, 0.4) is 0 Å². The molecular weight excluding hydrogens is 744 g/mol. The molecule has 0 aliphatic carbocycles. The van der Waals surface area contributed by atoms with E-state index in [0.29, 0.717) is 19.1 Å². The molecule has 3 unspecified atom stereocenters. The average Bonchev–Trinajstić information content (AvgIpc) is 3.64. The monoisotopic (exact) mass is 837 g/mol. The van der Waals surface area contributed by atoms with E-state index in [1.54, 1.807) is 0 Å². The van der Waals surface area contributed by atoms with Crippen LogP contribution in [0.25, 0.3) is 0 Å². The van der Waals surface area contributed by atoms with E-state index in [2.05, 4.69) is 81.2 Å². The van der Waals surface area contributed by atoms with E-state index in [9.17, 15) is 9.46 Å². The molecule has 3 N–H and O–H groups in total. The van der Waals surface area contributed by atoms with Crippen LogP contribution in [0.15, 0.2) is 48.6 Å². The lowest BCUT2D eigenvalue weighted by atomic mass is 9.96. The number of phosphoric acid groups is 1. The summed E-state index contributed by atoms with van der Waals surface area (Å²) in [6, 6.07) is 0.250. The molecule has 0 spiro atoms. The Balaban J connectivity index is 2.48. The standard InChI is InChI=1S/C49H93N2O6P/c1-6-8-10-12-14-16-18-20-22-24-26-28-30-32-34-36-38-49(39-37-35-33-31-29-27-25-23-21-19-17-15-13-11-9-7-2)54-45-48(57-49)46(3)44-47(4)51(5)41-43-56-58(52,53)55-42-40-50/h14-17,20-23,46-48H,6-13,18-19,24-45,50H2,1-5H3,(H,52,53)/b16-14-,17-15-,22-20-,23-21-/t46?,47?,48-/m0/s1. The van der Waals surface area contributed by atoms with Crippen molar-refractivity contribution in [2.24, 2.45) is 11.7 Å². The van der Waals surface area contributed by atoms with Gasteiger partial charge in [-0.15, -0.1) is 0 Å². The smallest absolute Gasteiger partial charge is 0.347 e. The number of nitrogens with zero attached hydrogens (tertiary/aromatic N) is 1. The summed E-state index contributed by atoms with van der Waals surface area (Å²) < 4.78 is 35.5. The van der Waals surface area contributed by atoms with Crippen molar-refractivity contribution in [3.8, 4) is 0 Å². The first-order chi connectivity index (χ1) is 28.2. The van der Waals surface area contributed by atoms with Crippen LogP contribution in [0.5, 0.6) is 0 Å². The molecule has 9 heteroatoms. The Bertz CT molecular complexity index is 1050. The third-order valence-electron chi connectivity index (χ3n) is 11.6. The summed E-state index contributed by atoms with van der Waals surface area (Å²) in [6.45, 7) is 10.4.